The number of carbonyl (C=O) groups is 1. The van der Waals surface area contributed by atoms with Crippen molar-refractivity contribution in [1.29, 1.82) is 0 Å². The van der Waals surface area contributed by atoms with Crippen molar-refractivity contribution < 1.29 is 30.8 Å². The molecule has 1 aliphatic rings. The van der Waals surface area contributed by atoms with Gasteiger partial charge in [-0.3, -0.25) is 9.69 Å². The Labute approximate surface area is 175 Å². The van der Waals surface area contributed by atoms with Gasteiger partial charge < -0.3 is 14.9 Å². The van der Waals surface area contributed by atoms with E-state index in [-0.39, 0.29) is 41.1 Å². The Morgan fingerprint density at radius 2 is 1.80 bits per heavy atom. The molecule has 0 aliphatic carbocycles. The Morgan fingerprint density at radius 1 is 1.10 bits per heavy atom. The van der Waals surface area contributed by atoms with Gasteiger partial charge in [-0.15, -0.1) is 0 Å². The Balaban J connectivity index is 1.58. The standard InChI is InChI=1S/C18H23N3O7S2/c1-27-14-3-2-4-15(13-14)29(23,24)12-11-20-7-9-21(10-8-20)30(25,26)17-6-5-16(28-17)18(19)22/h2-6,13H,7-12H2,1H3,(H2,19,22). The minimum absolute atomic E-state index is 0.0902. The highest BCUT2D eigenvalue weighted by Gasteiger charge is 2.31. The molecule has 0 radical (unpaired) electrons. The van der Waals surface area contributed by atoms with Crippen LogP contribution in [-0.2, 0) is 19.9 Å². The molecule has 12 heteroatoms. The van der Waals surface area contributed by atoms with Crippen LogP contribution < -0.4 is 10.5 Å². The van der Waals surface area contributed by atoms with Crippen molar-refractivity contribution >= 4 is 25.8 Å². The SMILES string of the molecule is COc1cccc(S(=O)(=O)CCN2CCN(S(=O)(=O)c3ccc(C(N)=O)o3)CC2)c1. The number of furan rings is 1. The topological polar surface area (TPSA) is 140 Å². The first kappa shape index (κ1) is 22.3. The van der Waals surface area contributed by atoms with Gasteiger partial charge in [-0.25, -0.2) is 16.8 Å². The van der Waals surface area contributed by atoms with Crippen molar-refractivity contribution in [3.8, 4) is 5.75 Å². The number of hydrogen-bond donors (Lipinski definition) is 1. The summed E-state index contributed by atoms with van der Waals surface area (Å²) in [7, 11) is -5.92. The minimum Gasteiger partial charge on any atom is -0.497 e. The van der Waals surface area contributed by atoms with Crippen LogP contribution in [0.3, 0.4) is 0 Å². The molecule has 2 N–H and O–H groups in total. The predicted molar refractivity (Wildman–Crippen MR) is 107 cm³/mol. The molecule has 0 bridgehead atoms. The fourth-order valence-corrected chi connectivity index (χ4v) is 5.72. The predicted octanol–water partition coefficient (Wildman–Crippen LogP) is 0.167. The number of amides is 1. The highest BCUT2D eigenvalue weighted by molar-refractivity contribution is 7.91. The van der Waals surface area contributed by atoms with Crippen LogP contribution in [0.25, 0.3) is 0 Å². The van der Waals surface area contributed by atoms with Crippen molar-refractivity contribution in [3.05, 3.63) is 42.2 Å². The second-order valence-corrected chi connectivity index (χ2v) is 10.7. The van der Waals surface area contributed by atoms with Crippen molar-refractivity contribution in [3.63, 3.8) is 0 Å². The number of sulfone groups is 1. The molecule has 2 heterocycles. The number of primary amides is 1. The van der Waals surface area contributed by atoms with Crippen LogP contribution in [0.1, 0.15) is 10.6 Å². The van der Waals surface area contributed by atoms with Gasteiger partial charge in [-0.2, -0.15) is 4.31 Å². The zero-order chi connectivity index (χ0) is 21.9. The van der Waals surface area contributed by atoms with E-state index in [9.17, 15) is 21.6 Å². The van der Waals surface area contributed by atoms with Crippen LogP contribution in [0.2, 0.25) is 0 Å². The number of nitrogens with zero attached hydrogens (tertiary/aromatic N) is 2. The summed E-state index contributed by atoms with van der Waals surface area (Å²) in [6.45, 7) is 1.37. The quantitative estimate of drug-likeness (QED) is 0.591. The van der Waals surface area contributed by atoms with Crippen LogP contribution in [-0.4, -0.2) is 77.5 Å². The molecule has 1 fully saturated rings. The maximum Gasteiger partial charge on any atom is 0.284 e. The van der Waals surface area contributed by atoms with Crippen molar-refractivity contribution in [1.82, 2.24) is 9.21 Å². The summed E-state index contributed by atoms with van der Waals surface area (Å²) in [5, 5.41) is -0.342. The zero-order valence-corrected chi connectivity index (χ0v) is 18.0. The monoisotopic (exact) mass is 457 g/mol. The van der Waals surface area contributed by atoms with Crippen molar-refractivity contribution in [2.24, 2.45) is 5.73 Å². The number of methoxy groups -OCH3 is 1. The second-order valence-electron chi connectivity index (χ2n) is 6.73. The average Bonchev–Trinajstić information content (AvgIpc) is 3.24. The lowest BCUT2D eigenvalue weighted by Crippen LogP contribution is -2.49. The average molecular weight is 458 g/mol. The van der Waals surface area contributed by atoms with Crippen LogP contribution in [0, 0.1) is 0 Å². The van der Waals surface area contributed by atoms with Gasteiger partial charge in [0.1, 0.15) is 5.75 Å². The number of nitrogens with two attached hydrogens (primary N) is 1. The molecule has 3 rings (SSSR count). The number of ether oxygens (including phenoxy) is 1. The van der Waals surface area contributed by atoms with Crippen molar-refractivity contribution in [2.75, 3.05) is 45.6 Å². The molecule has 10 nitrogen and oxygen atoms in total. The highest BCUT2D eigenvalue weighted by atomic mass is 32.2. The van der Waals surface area contributed by atoms with E-state index >= 15 is 0 Å². The molecule has 0 unspecified atom stereocenters. The molecule has 1 aromatic carbocycles. The third-order valence-electron chi connectivity index (χ3n) is 4.83. The number of benzene rings is 1. The largest absolute Gasteiger partial charge is 0.497 e. The lowest BCUT2D eigenvalue weighted by Gasteiger charge is -2.33. The lowest BCUT2D eigenvalue weighted by molar-refractivity contribution is 0.0968. The smallest absolute Gasteiger partial charge is 0.284 e. The van der Waals surface area contributed by atoms with E-state index in [1.807, 2.05) is 4.90 Å². The van der Waals surface area contributed by atoms with Crippen LogP contribution in [0.4, 0.5) is 0 Å². The summed E-state index contributed by atoms with van der Waals surface area (Å²) >= 11 is 0. The molecule has 164 valence electrons. The molecule has 1 saturated heterocycles. The molecule has 1 aromatic heterocycles. The van der Waals surface area contributed by atoms with E-state index in [1.54, 1.807) is 12.1 Å². The zero-order valence-electron chi connectivity index (χ0n) is 16.4. The van der Waals surface area contributed by atoms with Gasteiger partial charge in [0.2, 0.25) is 5.09 Å². The lowest BCUT2D eigenvalue weighted by atomic mass is 10.3. The molecule has 0 saturated carbocycles. The Morgan fingerprint density at radius 3 is 2.40 bits per heavy atom. The van der Waals surface area contributed by atoms with Gasteiger partial charge in [0.15, 0.2) is 15.6 Å². The number of rotatable bonds is 8. The molecule has 1 amide bonds. The molecule has 0 atom stereocenters. The van der Waals surface area contributed by atoms with Gasteiger partial charge in [-0.1, -0.05) is 6.07 Å². The van der Waals surface area contributed by atoms with E-state index in [4.69, 9.17) is 14.9 Å². The van der Waals surface area contributed by atoms with Crippen LogP contribution >= 0.6 is 0 Å². The normalized spacial score (nSPS) is 16.4. The van der Waals surface area contributed by atoms with Gasteiger partial charge in [0.05, 0.1) is 17.8 Å². The third kappa shape index (κ3) is 4.83. The first-order valence-corrected chi connectivity index (χ1v) is 12.2. The Hall–Kier alpha value is -2.41. The van der Waals surface area contributed by atoms with E-state index in [0.717, 1.165) is 0 Å². The number of carbonyl (C=O) groups excluding carboxylic acids is 1. The first-order chi connectivity index (χ1) is 14.1. The minimum atomic E-state index is -3.89. The van der Waals surface area contributed by atoms with Gasteiger partial charge >= 0.3 is 0 Å². The molecule has 1 aliphatic heterocycles. The first-order valence-electron chi connectivity index (χ1n) is 9.12. The van der Waals surface area contributed by atoms with Gasteiger partial charge in [0, 0.05) is 32.7 Å². The van der Waals surface area contributed by atoms with Crippen LogP contribution in [0.5, 0.6) is 5.75 Å². The van der Waals surface area contributed by atoms with E-state index in [0.29, 0.717) is 18.8 Å². The number of piperazine rings is 1. The summed E-state index contributed by atoms with van der Waals surface area (Å²) in [6.07, 6.45) is 0. The van der Waals surface area contributed by atoms with E-state index < -0.39 is 25.8 Å². The summed E-state index contributed by atoms with van der Waals surface area (Å²) in [5.74, 6) is -0.701. The molecule has 30 heavy (non-hydrogen) atoms. The van der Waals surface area contributed by atoms with E-state index in [2.05, 4.69) is 0 Å². The van der Waals surface area contributed by atoms with Crippen molar-refractivity contribution in [2.45, 2.75) is 9.99 Å². The molecular weight excluding hydrogens is 434 g/mol. The fraction of sp³-hybridized carbons (Fsp3) is 0.389. The Kier molecular flexibility index (Phi) is 6.50. The maximum atomic E-state index is 12.6. The summed E-state index contributed by atoms with van der Waals surface area (Å²) in [4.78, 5) is 13.2. The summed E-state index contributed by atoms with van der Waals surface area (Å²) < 4.78 is 61.8. The van der Waals surface area contributed by atoms with Gasteiger partial charge in [-0.05, 0) is 30.3 Å². The van der Waals surface area contributed by atoms with Gasteiger partial charge in [0.25, 0.3) is 15.9 Å². The summed E-state index contributed by atoms with van der Waals surface area (Å²) in [5.41, 5.74) is 5.09. The molecule has 0 spiro atoms. The Bertz CT molecular complexity index is 1120. The third-order valence-corrected chi connectivity index (χ3v) is 8.29. The molecule has 2 aromatic rings. The number of sulfonamides is 1. The highest BCUT2D eigenvalue weighted by Crippen LogP contribution is 2.21. The maximum absolute atomic E-state index is 12.6. The summed E-state index contributed by atoms with van der Waals surface area (Å²) in [6, 6.07) is 8.70. The van der Waals surface area contributed by atoms with Crippen LogP contribution in [0.15, 0.2) is 50.8 Å². The fourth-order valence-electron chi connectivity index (χ4n) is 3.07. The van der Waals surface area contributed by atoms with E-state index in [1.165, 1.54) is 35.7 Å². The number of hydrogen-bond acceptors (Lipinski definition) is 8. The second kappa shape index (κ2) is 8.76. The molecular formula is C18H23N3O7S2.